The molecule has 1 aliphatic heterocycles. The number of hydrogen-bond acceptors (Lipinski definition) is 3. The van der Waals surface area contributed by atoms with Crippen LogP contribution >= 0.6 is 24.0 Å². The zero-order chi connectivity index (χ0) is 13.0. The van der Waals surface area contributed by atoms with E-state index in [0.717, 1.165) is 17.9 Å². The summed E-state index contributed by atoms with van der Waals surface area (Å²) in [5.41, 5.74) is 6.89. The van der Waals surface area contributed by atoms with E-state index in [1.807, 2.05) is 32.0 Å². The van der Waals surface area contributed by atoms with Crippen molar-refractivity contribution < 1.29 is 9.47 Å². The summed E-state index contributed by atoms with van der Waals surface area (Å²) in [6, 6.07) is 6.25. The van der Waals surface area contributed by atoms with Crippen LogP contribution < -0.4 is 20.5 Å². The molecule has 0 aliphatic carbocycles. The molecule has 19 heavy (non-hydrogen) atoms. The Morgan fingerprint density at radius 3 is 2.84 bits per heavy atom. The smallest absolute Gasteiger partial charge is 0.231 e. The van der Waals surface area contributed by atoms with Gasteiger partial charge in [0.25, 0.3) is 0 Å². The standard InChI is InChI=1S/C13H19N3O2.HI/c1-9(2)16-13(14)15-6-5-10-3-4-11-12(7-10)18-8-17-11;/h3-4,7,9H,5-6,8H2,1-2H3,(H3,14,15,16);1H. The van der Waals surface area contributed by atoms with Crippen molar-refractivity contribution in [2.24, 2.45) is 10.7 Å². The Morgan fingerprint density at radius 2 is 2.11 bits per heavy atom. The number of aliphatic imine (C=N–C) groups is 1. The molecule has 0 aromatic heterocycles. The average Bonchev–Trinajstić information content (AvgIpc) is 2.75. The SMILES string of the molecule is CC(C)NC(N)=NCCc1ccc2c(c1)OCO2.I. The fourth-order valence-corrected chi connectivity index (χ4v) is 1.74. The Bertz CT molecular complexity index is 450. The van der Waals surface area contributed by atoms with Gasteiger partial charge in [0, 0.05) is 12.6 Å². The number of nitrogens with one attached hydrogen (secondary N) is 1. The topological polar surface area (TPSA) is 68.9 Å². The highest BCUT2D eigenvalue weighted by Gasteiger charge is 2.12. The second-order valence-corrected chi connectivity index (χ2v) is 4.50. The number of halogens is 1. The fraction of sp³-hybridized carbons (Fsp3) is 0.462. The average molecular weight is 377 g/mol. The predicted octanol–water partition coefficient (Wildman–Crippen LogP) is 1.89. The summed E-state index contributed by atoms with van der Waals surface area (Å²) < 4.78 is 10.6. The number of fused-ring (bicyclic) bond motifs is 1. The first-order chi connectivity index (χ1) is 8.65. The van der Waals surface area contributed by atoms with Crippen LogP contribution in [0.3, 0.4) is 0 Å². The Hall–Kier alpha value is -1.18. The molecule has 0 saturated carbocycles. The summed E-state index contributed by atoms with van der Waals surface area (Å²) in [7, 11) is 0. The summed E-state index contributed by atoms with van der Waals surface area (Å²) in [5, 5.41) is 3.05. The lowest BCUT2D eigenvalue weighted by Gasteiger charge is -2.08. The molecule has 1 heterocycles. The molecule has 3 N–H and O–H groups in total. The van der Waals surface area contributed by atoms with Crippen molar-refractivity contribution in [1.82, 2.24) is 5.32 Å². The largest absolute Gasteiger partial charge is 0.454 e. The van der Waals surface area contributed by atoms with E-state index in [-0.39, 0.29) is 24.0 Å². The Balaban J connectivity index is 0.00000180. The number of ether oxygens (including phenoxy) is 2. The van der Waals surface area contributed by atoms with Gasteiger partial charge in [-0.3, -0.25) is 4.99 Å². The van der Waals surface area contributed by atoms with Gasteiger partial charge in [-0.1, -0.05) is 6.07 Å². The van der Waals surface area contributed by atoms with E-state index in [0.29, 0.717) is 25.3 Å². The third kappa shape index (κ3) is 4.77. The number of nitrogens with zero attached hydrogens (tertiary/aromatic N) is 1. The maximum Gasteiger partial charge on any atom is 0.231 e. The Labute approximate surface area is 130 Å². The molecule has 106 valence electrons. The molecule has 1 aromatic carbocycles. The minimum Gasteiger partial charge on any atom is -0.454 e. The summed E-state index contributed by atoms with van der Waals surface area (Å²) >= 11 is 0. The molecule has 0 unspecified atom stereocenters. The molecule has 5 nitrogen and oxygen atoms in total. The number of guanidine groups is 1. The van der Waals surface area contributed by atoms with Crippen molar-refractivity contribution in [2.75, 3.05) is 13.3 Å². The van der Waals surface area contributed by atoms with Gasteiger partial charge in [-0.2, -0.15) is 0 Å². The van der Waals surface area contributed by atoms with Gasteiger partial charge in [0.2, 0.25) is 6.79 Å². The molecule has 1 aliphatic rings. The molecule has 1 aromatic rings. The van der Waals surface area contributed by atoms with E-state index in [2.05, 4.69) is 10.3 Å². The number of nitrogens with two attached hydrogens (primary N) is 1. The van der Waals surface area contributed by atoms with Crippen molar-refractivity contribution in [1.29, 1.82) is 0 Å². The van der Waals surface area contributed by atoms with Crippen LogP contribution in [0.2, 0.25) is 0 Å². The van der Waals surface area contributed by atoms with E-state index in [1.165, 1.54) is 5.56 Å². The van der Waals surface area contributed by atoms with Crippen LogP contribution in [-0.4, -0.2) is 25.3 Å². The maximum atomic E-state index is 5.72. The zero-order valence-corrected chi connectivity index (χ0v) is 13.5. The van der Waals surface area contributed by atoms with Crippen LogP contribution in [-0.2, 0) is 6.42 Å². The molecule has 2 rings (SSSR count). The van der Waals surface area contributed by atoms with E-state index < -0.39 is 0 Å². The summed E-state index contributed by atoms with van der Waals surface area (Å²) in [5.74, 6) is 2.11. The van der Waals surface area contributed by atoms with Crippen LogP contribution in [0.15, 0.2) is 23.2 Å². The molecule has 0 amide bonds. The first kappa shape index (κ1) is 15.9. The molecule has 0 atom stereocenters. The quantitative estimate of drug-likeness (QED) is 0.478. The van der Waals surface area contributed by atoms with Gasteiger partial charge < -0.3 is 20.5 Å². The first-order valence-electron chi connectivity index (χ1n) is 6.10. The number of rotatable bonds is 4. The highest BCUT2D eigenvalue weighted by Crippen LogP contribution is 2.32. The lowest BCUT2D eigenvalue weighted by atomic mass is 10.1. The predicted molar refractivity (Wildman–Crippen MR) is 86.4 cm³/mol. The summed E-state index contributed by atoms with van der Waals surface area (Å²) in [4.78, 5) is 4.26. The van der Waals surface area contributed by atoms with Gasteiger partial charge in [-0.05, 0) is 38.0 Å². The van der Waals surface area contributed by atoms with Gasteiger partial charge in [-0.15, -0.1) is 24.0 Å². The molecule has 0 spiro atoms. The van der Waals surface area contributed by atoms with Crippen molar-refractivity contribution >= 4 is 29.9 Å². The maximum absolute atomic E-state index is 5.72. The highest BCUT2D eigenvalue weighted by atomic mass is 127. The van der Waals surface area contributed by atoms with Gasteiger partial charge in [0.05, 0.1) is 0 Å². The van der Waals surface area contributed by atoms with Gasteiger partial charge >= 0.3 is 0 Å². The number of benzene rings is 1. The normalized spacial score (nSPS) is 13.3. The molecular weight excluding hydrogens is 357 g/mol. The van der Waals surface area contributed by atoms with Crippen LogP contribution in [0.4, 0.5) is 0 Å². The lowest BCUT2D eigenvalue weighted by Crippen LogP contribution is -2.36. The fourth-order valence-electron chi connectivity index (χ4n) is 1.74. The van der Waals surface area contributed by atoms with Gasteiger partial charge in [0.15, 0.2) is 17.5 Å². The summed E-state index contributed by atoms with van der Waals surface area (Å²) in [6.45, 7) is 5.02. The van der Waals surface area contributed by atoms with E-state index >= 15 is 0 Å². The van der Waals surface area contributed by atoms with E-state index in [1.54, 1.807) is 0 Å². The van der Waals surface area contributed by atoms with E-state index in [9.17, 15) is 0 Å². The van der Waals surface area contributed by atoms with Crippen LogP contribution in [0.25, 0.3) is 0 Å². The first-order valence-corrected chi connectivity index (χ1v) is 6.10. The van der Waals surface area contributed by atoms with Crippen LogP contribution in [0, 0.1) is 0 Å². The second kappa shape index (κ2) is 7.42. The third-order valence-electron chi connectivity index (χ3n) is 2.56. The molecule has 0 bridgehead atoms. The van der Waals surface area contributed by atoms with Gasteiger partial charge in [-0.25, -0.2) is 0 Å². The lowest BCUT2D eigenvalue weighted by molar-refractivity contribution is 0.174. The minimum atomic E-state index is 0. The van der Waals surface area contributed by atoms with Crippen molar-refractivity contribution in [3.05, 3.63) is 23.8 Å². The molecule has 0 fully saturated rings. The Morgan fingerprint density at radius 1 is 1.37 bits per heavy atom. The molecule has 6 heteroatoms. The van der Waals surface area contributed by atoms with Crippen LogP contribution in [0.1, 0.15) is 19.4 Å². The zero-order valence-electron chi connectivity index (χ0n) is 11.2. The molecule has 0 saturated heterocycles. The van der Waals surface area contributed by atoms with E-state index in [4.69, 9.17) is 15.2 Å². The molecule has 0 radical (unpaired) electrons. The van der Waals surface area contributed by atoms with Crippen molar-refractivity contribution in [3.8, 4) is 11.5 Å². The summed E-state index contributed by atoms with van der Waals surface area (Å²) in [6.07, 6.45) is 0.830. The van der Waals surface area contributed by atoms with Gasteiger partial charge in [0.1, 0.15) is 0 Å². The Kier molecular flexibility index (Phi) is 6.20. The van der Waals surface area contributed by atoms with Crippen molar-refractivity contribution in [3.63, 3.8) is 0 Å². The number of hydrogen-bond donors (Lipinski definition) is 2. The molecular formula is C13H20IN3O2. The monoisotopic (exact) mass is 377 g/mol. The second-order valence-electron chi connectivity index (χ2n) is 4.50. The third-order valence-corrected chi connectivity index (χ3v) is 2.56. The van der Waals surface area contributed by atoms with Crippen molar-refractivity contribution in [2.45, 2.75) is 26.3 Å². The highest BCUT2D eigenvalue weighted by molar-refractivity contribution is 14.0. The minimum absolute atomic E-state index is 0. The van der Waals surface area contributed by atoms with Crippen LogP contribution in [0.5, 0.6) is 11.5 Å².